The molecule has 0 saturated carbocycles. The molecule has 0 saturated heterocycles. The summed E-state index contributed by atoms with van der Waals surface area (Å²) in [6, 6.07) is 7.91. The molecule has 0 aliphatic carbocycles. The normalized spacial score (nSPS) is 11.4. The van der Waals surface area contributed by atoms with Crippen molar-refractivity contribution in [1.82, 2.24) is 9.97 Å². The minimum absolute atomic E-state index is 0.998. The third-order valence-electron chi connectivity index (χ3n) is 1.77. The summed E-state index contributed by atoms with van der Waals surface area (Å²) >= 11 is 0. The molecule has 16 heavy (non-hydrogen) atoms. The number of aliphatic carboxylic acids is 1. The van der Waals surface area contributed by atoms with Gasteiger partial charge in [-0.3, -0.25) is 0 Å². The number of fused-ring (bicyclic) bond motifs is 1. The van der Waals surface area contributed by atoms with Crippen LogP contribution in [0.25, 0.3) is 10.9 Å². The number of rotatable bonds is 1. The van der Waals surface area contributed by atoms with E-state index in [1.54, 1.807) is 6.33 Å². The van der Waals surface area contributed by atoms with Crippen LogP contribution in [0, 0.1) is 0 Å². The first kappa shape index (κ1) is 12.1. The van der Waals surface area contributed by atoms with E-state index in [9.17, 15) is 4.79 Å². The van der Waals surface area contributed by atoms with Gasteiger partial charge in [0.05, 0.1) is 5.52 Å². The Balaban J connectivity index is 0.000000187. The SMILES string of the molecule is CC(O)C(=O)O.c1ccc2ncncc2c1. The summed E-state index contributed by atoms with van der Waals surface area (Å²) in [6.07, 6.45) is 2.13. The zero-order chi connectivity index (χ0) is 12.0. The van der Waals surface area contributed by atoms with Crippen LogP contribution >= 0.6 is 0 Å². The number of hydrogen-bond donors (Lipinski definition) is 2. The summed E-state index contributed by atoms with van der Waals surface area (Å²) in [4.78, 5) is 17.4. The Kier molecular flexibility index (Phi) is 4.35. The predicted molar refractivity (Wildman–Crippen MR) is 58.9 cm³/mol. The Morgan fingerprint density at radius 1 is 1.38 bits per heavy atom. The fraction of sp³-hybridized carbons (Fsp3) is 0.182. The standard InChI is InChI=1S/C8H6N2.C3H6O3/c1-2-4-8-7(3-1)5-9-6-10-8;1-2(4)3(5)6/h1-6H;2,4H,1H3,(H,5,6). The van der Waals surface area contributed by atoms with Gasteiger partial charge in [0.1, 0.15) is 12.4 Å². The first-order chi connectivity index (χ1) is 7.61. The zero-order valence-corrected chi connectivity index (χ0v) is 8.74. The van der Waals surface area contributed by atoms with Crippen LogP contribution in [0.1, 0.15) is 6.92 Å². The molecular formula is C11H12N2O3. The van der Waals surface area contributed by atoms with E-state index >= 15 is 0 Å². The van der Waals surface area contributed by atoms with Gasteiger partial charge in [0.15, 0.2) is 0 Å². The van der Waals surface area contributed by atoms with Crippen molar-refractivity contribution in [2.24, 2.45) is 0 Å². The van der Waals surface area contributed by atoms with Crippen molar-refractivity contribution in [3.63, 3.8) is 0 Å². The molecule has 2 aromatic rings. The molecule has 1 heterocycles. The molecule has 1 unspecified atom stereocenters. The first-order valence-corrected chi connectivity index (χ1v) is 4.67. The predicted octanol–water partition coefficient (Wildman–Crippen LogP) is 1.08. The molecular weight excluding hydrogens is 208 g/mol. The Labute approximate surface area is 92.4 Å². The highest BCUT2D eigenvalue weighted by Crippen LogP contribution is 2.06. The van der Waals surface area contributed by atoms with Crippen LogP contribution in [-0.2, 0) is 4.79 Å². The number of nitrogens with zero attached hydrogens (tertiary/aromatic N) is 2. The van der Waals surface area contributed by atoms with Gasteiger partial charge >= 0.3 is 5.97 Å². The molecule has 1 aromatic heterocycles. The largest absolute Gasteiger partial charge is 0.479 e. The third-order valence-corrected chi connectivity index (χ3v) is 1.77. The molecule has 1 atom stereocenters. The molecule has 0 aliphatic rings. The summed E-state index contributed by atoms with van der Waals surface area (Å²) < 4.78 is 0. The first-order valence-electron chi connectivity index (χ1n) is 4.67. The van der Waals surface area contributed by atoms with Crippen LogP contribution in [0.3, 0.4) is 0 Å². The molecule has 0 bridgehead atoms. The van der Waals surface area contributed by atoms with Crippen molar-refractivity contribution in [3.05, 3.63) is 36.8 Å². The zero-order valence-electron chi connectivity index (χ0n) is 8.74. The molecule has 2 rings (SSSR count). The van der Waals surface area contributed by atoms with E-state index in [1.807, 2.05) is 30.5 Å². The van der Waals surface area contributed by atoms with Gasteiger partial charge in [-0.25, -0.2) is 14.8 Å². The highest BCUT2D eigenvalue weighted by molar-refractivity contribution is 5.76. The molecule has 1 aromatic carbocycles. The monoisotopic (exact) mass is 220 g/mol. The lowest BCUT2D eigenvalue weighted by atomic mass is 10.2. The Morgan fingerprint density at radius 3 is 2.56 bits per heavy atom. The van der Waals surface area contributed by atoms with E-state index in [1.165, 1.54) is 6.92 Å². The van der Waals surface area contributed by atoms with Crippen molar-refractivity contribution in [3.8, 4) is 0 Å². The average molecular weight is 220 g/mol. The van der Waals surface area contributed by atoms with E-state index < -0.39 is 12.1 Å². The van der Waals surface area contributed by atoms with E-state index in [0.717, 1.165) is 10.9 Å². The topological polar surface area (TPSA) is 83.3 Å². The molecule has 2 N–H and O–H groups in total. The van der Waals surface area contributed by atoms with Crippen LogP contribution in [0.4, 0.5) is 0 Å². The number of benzene rings is 1. The van der Waals surface area contributed by atoms with Crippen molar-refractivity contribution in [2.45, 2.75) is 13.0 Å². The molecule has 5 heteroatoms. The Hall–Kier alpha value is -2.01. The van der Waals surface area contributed by atoms with E-state index in [4.69, 9.17) is 10.2 Å². The average Bonchev–Trinajstić information content (AvgIpc) is 2.30. The number of para-hydroxylation sites is 1. The number of aliphatic hydroxyl groups is 1. The molecule has 5 nitrogen and oxygen atoms in total. The molecule has 0 aliphatic heterocycles. The maximum Gasteiger partial charge on any atom is 0.332 e. The van der Waals surface area contributed by atoms with E-state index in [0.29, 0.717) is 0 Å². The van der Waals surface area contributed by atoms with Crippen LogP contribution in [-0.4, -0.2) is 32.3 Å². The second-order valence-corrected chi connectivity index (χ2v) is 3.10. The van der Waals surface area contributed by atoms with E-state index in [2.05, 4.69) is 9.97 Å². The highest BCUT2D eigenvalue weighted by Gasteiger charge is 2.01. The summed E-state index contributed by atoms with van der Waals surface area (Å²) in [5.41, 5.74) is 0.998. The molecule has 0 radical (unpaired) electrons. The number of carbonyl (C=O) groups is 1. The molecule has 0 fully saturated rings. The minimum Gasteiger partial charge on any atom is -0.479 e. The van der Waals surface area contributed by atoms with Gasteiger partial charge in [-0.15, -0.1) is 0 Å². The number of carboxylic acid groups (broad SMARTS) is 1. The molecule has 0 spiro atoms. The lowest BCUT2D eigenvalue weighted by molar-refractivity contribution is -0.145. The van der Waals surface area contributed by atoms with Gasteiger partial charge < -0.3 is 10.2 Å². The van der Waals surface area contributed by atoms with Crippen LogP contribution in [0.15, 0.2) is 36.8 Å². The Bertz CT molecular complexity index is 406. The summed E-state index contributed by atoms with van der Waals surface area (Å²) in [5, 5.41) is 16.9. The lowest BCUT2D eigenvalue weighted by Gasteiger charge is -1.90. The lowest BCUT2D eigenvalue weighted by Crippen LogP contribution is -2.13. The van der Waals surface area contributed by atoms with E-state index in [-0.39, 0.29) is 0 Å². The third kappa shape index (κ3) is 3.62. The summed E-state index contributed by atoms with van der Waals surface area (Å²) in [5.74, 6) is -1.19. The van der Waals surface area contributed by atoms with Gasteiger partial charge in [-0.05, 0) is 13.0 Å². The van der Waals surface area contributed by atoms with Gasteiger partial charge in [0.25, 0.3) is 0 Å². The number of aliphatic hydroxyl groups excluding tert-OH is 1. The maximum absolute atomic E-state index is 9.45. The van der Waals surface area contributed by atoms with Gasteiger partial charge in [0.2, 0.25) is 0 Å². The van der Waals surface area contributed by atoms with Crippen LogP contribution < -0.4 is 0 Å². The fourth-order valence-corrected chi connectivity index (χ4v) is 0.923. The summed E-state index contributed by atoms with van der Waals surface area (Å²) in [6.45, 7) is 1.20. The Morgan fingerprint density at radius 2 is 2.00 bits per heavy atom. The van der Waals surface area contributed by atoms with Crippen LogP contribution in [0.5, 0.6) is 0 Å². The van der Waals surface area contributed by atoms with Crippen molar-refractivity contribution in [2.75, 3.05) is 0 Å². The second kappa shape index (κ2) is 5.77. The van der Waals surface area contributed by atoms with Crippen molar-refractivity contribution < 1.29 is 15.0 Å². The number of aromatic nitrogens is 2. The fourth-order valence-electron chi connectivity index (χ4n) is 0.923. The minimum atomic E-state index is -1.23. The molecule has 84 valence electrons. The van der Waals surface area contributed by atoms with Gasteiger partial charge in [0, 0.05) is 11.6 Å². The summed E-state index contributed by atoms with van der Waals surface area (Å²) in [7, 11) is 0. The van der Waals surface area contributed by atoms with Gasteiger partial charge in [-0.2, -0.15) is 0 Å². The number of hydrogen-bond acceptors (Lipinski definition) is 4. The maximum atomic E-state index is 9.45. The van der Waals surface area contributed by atoms with Crippen molar-refractivity contribution >= 4 is 16.9 Å². The quantitative estimate of drug-likeness (QED) is 0.751. The van der Waals surface area contributed by atoms with Crippen molar-refractivity contribution in [1.29, 1.82) is 0 Å². The van der Waals surface area contributed by atoms with Gasteiger partial charge in [-0.1, -0.05) is 18.2 Å². The van der Waals surface area contributed by atoms with Crippen LogP contribution in [0.2, 0.25) is 0 Å². The molecule has 0 amide bonds. The second-order valence-electron chi connectivity index (χ2n) is 3.10. The highest BCUT2D eigenvalue weighted by atomic mass is 16.4. The number of carboxylic acids is 1. The smallest absolute Gasteiger partial charge is 0.332 e.